The van der Waals surface area contributed by atoms with Crippen LogP contribution in [-0.2, 0) is 21.2 Å². The van der Waals surface area contributed by atoms with Crippen molar-refractivity contribution < 1.29 is 13.2 Å². The van der Waals surface area contributed by atoms with E-state index in [-0.39, 0.29) is 11.4 Å². The van der Waals surface area contributed by atoms with Gasteiger partial charge in [0.2, 0.25) is 6.08 Å². The Hall–Kier alpha value is -1.45. The van der Waals surface area contributed by atoms with Crippen LogP contribution in [0.2, 0.25) is 0 Å². The molecule has 80 valence electrons. The number of sulfone groups is 1. The van der Waals surface area contributed by atoms with Crippen molar-refractivity contribution in [1.29, 1.82) is 0 Å². The zero-order chi connectivity index (χ0) is 11.5. The number of aliphatic imine (C=N–C) groups is 1. The summed E-state index contributed by atoms with van der Waals surface area (Å²) in [6.45, 7) is 2.00. The molecule has 4 nitrogen and oxygen atoms in total. The Kier molecular flexibility index (Phi) is 3.39. The maximum absolute atomic E-state index is 11.3. The molecule has 0 saturated carbocycles. The summed E-state index contributed by atoms with van der Waals surface area (Å²) in [5.74, 6) is 0. The van der Waals surface area contributed by atoms with Crippen molar-refractivity contribution in [1.82, 2.24) is 0 Å². The predicted molar refractivity (Wildman–Crippen MR) is 56.1 cm³/mol. The number of isocyanates is 1. The van der Waals surface area contributed by atoms with Crippen molar-refractivity contribution in [2.45, 2.75) is 18.4 Å². The minimum atomic E-state index is -3.21. The lowest BCUT2D eigenvalue weighted by molar-refractivity contribution is 0.562. The largest absolute Gasteiger partial charge is 0.235 e. The molecular formula is C10H11NO3S. The molecule has 5 heteroatoms. The lowest BCUT2D eigenvalue weighted by atomic mass is 10.1. The van der Waals surface area contributed by atoms with Crippen LogP contribution in [0.5, 0.6) is 0 Å². The Bertz CT molecular complexity index is 513. The van der Waals surface area contributed by atoms with E-state index < -0.39 is 9.84 Å². The summed E-state index contributed by atoms with van der Waals surface area (Å²) >= 11 is 0. The van der Waals surface area contributed by atoms with Gasteiger partial charge in [-0.3, -0.25) is 0 Å². The molecule has 0 radical (unpaired) electrons. The lowest BCUT2D eigenvalue weighted by Crippen LogP contribution is -1.99. The molecule has 0 atom stereocenters. The van der Waals surface area contributed by atoms with Gasteiger partial charge >= 0.3 is 0 Å². The Morgan fingerprint density at radius 1 is 1.40 bits per heavy atom. The second-order valence-corrected chi connectivity index (χ2v) is 5.28. The maximum Gasteiger partial charge on any atom is 0.235 e. The molecule has 0 saturated heterocycles. The third-order valence-electron chi connectivity index (χ3n) is 2.06. The van der Waals surface area contributed by atoms with Crippen molar-refractivity contribution in [3.63, 3.8) is 0 Å². The fourth-order valence-electron chi connectivity index (χ4n) is 1.17. The molecule has 15 heavy (non-hydrogen) atoms. The molecule has 0 aromatic heterocycles. The van der Waals surface area contributed by atoms with E-state index in [4.69, 9.17) is 0 Å². The van der Waals surface area contributed by atoms with Crippen LogP contribution in [0.4, 0.5) is 0 Å². The van der Waals surface area contributed by atoms with Crippen LogP contribution in [0.3, 0.4) is 0 Å². The van der Waals surface area contributed by atoms with E-state index in [9.17, 15) is 13.2 Å². The lowest BCUT2D eigenvalue weighted by Gasteiger charge is -2.04. The van der Waals surface area contributed by atoms with Crippen LogP contribution in [0, 0.1) is 6.92 Å². The van der Waals surface area contributed by atoms with Crippen LogP contribution in [0.15, 0.2) is 28.1 Å². The molecule has 0 N–H and O–H groups in total. The van der Waals surface area contributed by atoms with Crippen LogP contribution >= 0.6 is 0 Å². The van der Waals surface area contributed by atoms with Gasteiger partial charge in [0, 0.05) is 6.26 Å². The molecule has 0 aliphatic rings. The Balaban J connectivity index is 3.22. The van der Waals surface area contributed by atoms with E-state index in [1.165, 1.54) is 12.1 Å². The minimum absolute atomic E-state index is 0.165. The molecular weight excluding hydrogens is 214 g/mol. The van der Waals surface area contributed by atoms with Gasteiger partial charge in [-0.1, -0.05) is 6.07 Å². The van der Waals surface area contributed by atoms with E-state index in [1.54, 1.807) is 12.1 Å². The first-order valence-corrected chi connectivity index (χ1v) is 6.17. The first-order valence-electron chi connectivity index (χ1n) is 4.28. The Morgan fingerprint density at radius 2 is 2.07 bits per heavy atom. The van der Waals surface area contributed by atoms with Gasteiger partial charge in [0.25, 0.3) is 0 Å². The fraction of sp³-hybridized carbons (Fsp3) is 0.300. The van der Waals surface area contributed by atoms with Crippen LogP contribution in [0.1, 0.15) is 11.1 Å². The number of hydrogen-bond acceptors (Lipinski definition) is 4. The molecule has 0 fully saturated rings. The summed E-state index contributed by atoms with van der Waals surface area (Å²) in [6, 6.07) is 4.77. The zero-order valence-corrected chi connectivity index (χ0v) is 9.34. The second kappa shape index (κ2) is 4.38. The summed E-state index contributed by atoms with van der Waals surface area (Å²) < 4.78 is 22.5. The van der Waals surface area contributed by atoms with Gasteiger partial charge in [-0.15, -0.1) is 0 Å². The molecule has 1 aromatic rings. The first-order chi connectivity index (χ1) is 6.95. The topological polar surface area (TPSA) is 63.6 Å². The minimum Gasteiger partial charge on any atom is -0.224 e. The molecule has 1 aromatic carbocycles. The predicted octanol–water partition coefficient (Wildman–Crippen LogP) is 1.23. The highest BCUT2D eigenvalue weighted by Gasteiger charge is 2.08. The zero-order valence-electron chi connectivity index (χ0n) is 8.52. The summed E-state index contributed by atoms with van der Waals surface area (Å²) in [6.07, 6.45) is 2.57. The number of carbonyl (C=O) groups excluding carboxylic acids is 1. The van der Waals surface area contributed by atoms with Gasteiger partial charge in [0.05, 0.1) is 11.4 Å². The number of rotatable bonds is 3. The highest BCUT2D eigenvalue weighted by atomic mass is 32.2. The number of nitrogens with zero attached hydrogens (tertiary/aromatic N) is 1. The molecule has 0 aliphatic carbocycles. The van der Waals surface area contributed by atoms with Gasteiger partial charge in [-0.25, -0.2) is 18.2 Å². The molecule has 0 aliphatic heterocycles. The van der Waals surface area contributed by atoms with Gasteiger partial charge in [0.15, 0.2) is 9.84 Å². The smallest absolute Gasteiger partial charge is 0.224 e. The molecule has 0 bridgehead atoms. The van der Waals surface area contributed by atoms with E-state index in [1.807, 2.05) is 6.92 Å². The quantitative estimate of drug-likeness (QED) is 0.574. The molecule has 0 amide bonds. The number of aryl methyl sites for hydroxylation is 1. The third kappa shape index (κ3) is 3.01. The van der Waals surface area contributed by atoms with Crippen molar-refractivity contribution in [3.05, 3.63) is 29.3 Å². The average Bonchev–Trinajstić information content (AvgIpc) is 2.15. The molecule has 0 unspecified atom stereocenters. The van der Waals surface area contributed by atoms with E-state index in [0.717, 1.165) is 17.4 Å². The first kappa shape index (κ1) is 11.6. The fourth-order valence-corrected chi connectivity index (χ4v) is 1.84. The summed E-state index contributed by atoms with van der Waals surface area (Å²) in [5.41, 5.74) is 1.63. The average molecular weight is 225 g/mol. The van der Waals surface area contributed by atoms with Crippen LogP contribution in [-0.4, -0.2) is 20.8 Å². The standard InChI is InChI=1S/C10H11NO3S/c1-8-3-4-10(15(2,13)14)5-9(8)6-11-7-12/h3-5H,6H2,1-2H3. The molecule has 1 rings (SSSR count). The van der Waals surface area contributed by atoms with E-state index >= 15 is 0 Å². The third-order valence-corrected chi connectivity index (χ3v) is 3.17. The van der Waals surface area contributed by atoms with Crippen molar-refractivity contribution in [2.75, 3.05) is 6.26 Å². The Morgan fingerprint density at radius 3 is 2.60 bits per heavy atom. The van der Waals surface area contributed by atoms with Gasteiger partial charge in [0.1, 0.15) is 0 Å². The summed E-state index contributed by atoms with van der Waals surface area (Å²) in [5, 5.41) is 0. The summed E-state index contributed by atoms with van der Waals surface area (Å²) in [7, 11) is -3.21. The second-order valence-electron chi connectivity index (χ2n) is 3.27. The van der Waals surface area contributed by atoms with Gasteiger partial charge in [-0.2, -0.15) is 0 Å². The molecule has 0 heterocycles. The van der Waals surface area contributed by atoms with Gasteiger partial charge in [-0.05, 0) is 30.2 Å². The molecule has 0 spiro atoms. The van der Waals surface area contributed by atoms with E-state index in [2.05, 4.69) is 4.99 Å². The highest BCUT2D eigenvalue weighted by Crippen LogP contribution is 2.16. The van der Waals surface area contributed by atoms with Crippen LogP contribution in [0.25, 0.3) is 0 Å². The van der Waals surface area contributed by atoms with Crippen molar-refractivity contribution in [3.8, 4) is 0 Å². The van der Waals surface area contributed by atoms with Crippen molar-refractivity contribution in [2.24, 2.45) is 4.99 Å². The number of hydrogen-bond donors (Lipinski definition) is 0. The van der Waals surface area contributed by atoms with Gasteiger partial charge < -0.3 is 0 Å². The van der Waals surface area contributed by atoms with E-state index in [0.29, 0.717) is 0 Å². The highest BCUT2D eigenvalue weighted by molar-refractivity contribution is 7.90. The number of benzene rings is 1. The Labute approximate surface area is 88.6 Å². The van der Waals surface area contributed by atoms with Crippen LogP contribution < -0.4 is 0 Å². The van der Waals surface area contributed by atoms with Crippen molar-refractivity contribution >= 4 is 15.9 Å². The monoisotopic (exact) mass is 225 g/mol. The SMILES string of the molecule is Cc1ccc(S(C)(=O)=O)cc1CN=C=O. The summed E-state index contributed by atoms with van der Waals surface area (Å²) in [4.78, 5) is 13.6. The maximum atomic E-state index is 11.3. The normalized spacial score (nSPS) is 10.8.